The number of phenolic OH excluding ortho intramolecular Hbond substituents is 2. The molecule has 2 aromatic carbocycles. The van der Waals surface area contributed by atoms with Crippen molar-refractivity contribution in [3.05, 3.63) is 57.6 Å². The summed E-state index contributed by atoms with van der Waals surface area (Å²) >= 11 is 0. The van der Waals surface area contributed by atoms with Crippen LogP contribution >= 0.6 is 0 Å². The van der Waals surface area contributed by atoms with Crippen LogP contribution in [0.1, 0.15) is 98.6 Å². The fourth-order valence-corrected chi connectivity index (χ4v) is 5.72. The SMILES string of the molecule is Cc1cc(C=NC2CC3CCC2(N=Cc2cc(C)cc(C(C)C)c2O)C3)c(O)c(C(C)C)c1. The Kier molecular flexibility index (Phi) is 6.39. The molecule has 0 spiro atoms. The Labute approximate surface area is 198 Å². The minimum Gasteiger partial charge on any atom is -0.507 e. The summed E-state index contributed by atoms with van der Waals surface area (Å²) in [6, 6.07) is 8.24. The third kappa shape index (κ3) is 4.58. The van der Waals surface area contributed by atoms with E-state index in [-0.39, 0.29) is 23.4 Å². The van der Waals surface area contributed by atoms with Crippen LogP contribution < -0.4 is 0 Å². The van der Waals surface area contributed by atoms with Crippen LogP contribution in [0.2, 0.25) is 0 Å². The molecule has 3 unspecified atom stereocenters. The lowest BCUT2D eigenvalue weighted by molar-refractivity contribution is 0.367. The van der Waals surface area contributed by atoms with Crippen LogP contribution in [0.5, 0.6) is 11.5 Å². The van der Waals surface area contributed by atoms with Crippen LogP contribution in [-0.4, -0.2) is 34.2 Å². The number of nitrogens with zero attached hydrogens (tertiary/aromatic N) is 2. The molecule has 2 aromatic rings. The summed E-state index contributed by atoms with van der Waals surface area (Å²) in [5.41, 5.74) is 5.58. The van der Waals surface area contributed by atoms with Crippen LogP contribution in [0.15, 0.2) is 34.3 Å². The lowest BCUT2D eigenvalue weighted by atomic mass is 9.89. The number of aryl methyl sites for hydroxylation is 2. The van der Waals surface area contributed by atoms with E-state index in [0.717, 1.165) is 52.6 Å². The lowest BCUT2D eigenvalue weighted by Crippen LogP contribution is -2.34. The highest BCUT2D eigenvalue weighted by molar-refractivity contribution is 5.86. The molecular weight excluding hydrogens is 408 g/mol. The van der Waals surface area contributed by atoms with Crippen molar-refractivity contribution in [1.82, 2.24) is 0 Å². The van der Waals surface area contributed by atoms with Gasteiger partial charge in [-0.15, -0.1) is 0 Å². The molecule has 2 N–H and O–H groups in total. The van der Waals surface area contributed by atoms with E-state index < -0.39 is 0 Å². The maximum absolute atomic E-state index is 10.8. The van der Waals surface area contributed by atoms with Gasteiger partial charge in [0.25, 0.3) is 0 Å². The fraction of sp³-hybridized carbons (Fsp3) is 0.517. The number of hydrogen-bond donors (Lipinski definition) is 2. The average Bonchev–Trinajstić information content (AvgIpc) is 3.32. The number of aromatic hydroxyl groups is 2. The first-order valence-corrected chi connectivity index (χ1v) is 12.3. The topological polar surface area (TPSA) is 65.2 Å². The Morgan fingerprint density at radius 3 is 1.94 bits per heavy atom. The Bertz CT molecular complexity index is 1100. The smallest absolute Gasteiger partial charge is 0.127 e. The van der Waals surface area contributed by atoms with E-state index in [1.165, 1.54) is 6.42 Å². The van der Waals surface area contributed by atoms with E-state index in [0.29, 0.717) is 17.4 Å². The summed E-state index contributed by atoms with van der Waals surface area (Å²) in [5.74, 6) is 1.85. The van der Waals surface area contributed by atoms with E-state index in [4.69, 9.17) is 9.98 Å². The van der Waals surface area contributed by atoms with Gasteiger partial charge in [0.1, 0.15) is 11.5 Å². The van der Waals surface area contributed by atoms with Crippen LogP contribution in [-0.2, 0) is 0 Å². The molecule has 2 aliphatic rings. The van der Waals surface area contributed by atoms with Crippen LogP contribution in [0.3, 0.4) is 0 Å². The van der Waals surface area contributed by atoms with Crippen molar-refractivity contribution in [3.63, 3.8) is 0 Å². The molecule has 2 fully saturated rings. The first kappa shape index (κ1) is 23.5. The quantitative estimate of drug-likeness (QED) is 0.479. The van der Waals surface area contributed by atoms with Gasteiger partial charge in [0.05, 0.1) is 11.6 Å². The second-order valence-corrected chi connectivity index (χ2v) is 10.9. The minimum atomic E-state index is -0.213. The van der Waals surface area contributed by atoms with Gasteiger partial charge in [-0.2, -0.15) is 0 Å². The molecule has 4 heteroatoms. The van der Waals surface area contributed by atoms with Crippen molar-refractivity contribution in [3.8, 4) is 11.5 Å². The summed E-state index contributed by atoms with van der Waals surface area (Å²) < 4.78 is 0. The molecule has 3 atom stereocenters. The monoisotopic (exact) mass is 446 g/mol. The second kappa shape index (κ2) is 8.96. The van der Waals surface area contributed by atoms with Crippen molar-refractivity contribution in [2.45, 2.75) is 90.6 Å². The molecule has 2 bridgehead atoms. The van der Waals surface area contributed by atoms with Crippen molar-refractivity contribution >= 4 is 12.4 Å². The highest BCUT2D eigenvalue weighted by Crippen LogP contribution is 2.51. The number of phenols is 2. The van der Waals surface area contributed by atoms with Crippen molar-refractivity contribution in [1.29, 1.82) is 0 Å². The standard InChI is InChI=1S/C29H38N2O2/c1-17(2)24-11-19(5)9-22(27(24)32)15-30-26-13-21-7-8-29(26,14-21)31-16-23-10-20(6)12-25(18(3)4)28(23)33/h9-12,15-18,21,26,32-33H,7-8,13-14H2,1-6H3. The molecule has 0 aromatic heterocycles. The zero-order valence-electron chi connectivity index (χ0n) is 20.9. The molecule has 0 saturated heterocycles. The van der Waals surface area contributed by atoms with Gasteiger partial charge >= 0.3 is 0 Å². The predicted octanol–water partition coefficient (Wildman–Crippen LogP) is 6.81. The Morgan fingerprint density at radius 2 is 1.42 bits per heavy atom. The highest BCUT2D eigenvalue weighted by Gasteiger charge is 2.52. The predicted molar refractivity (Wildman–Crippen MR) is 138 cm³/mol. The number of hydrogen-bond acceptors (Lipinski definition) is 4. The zero-order chi connectivity index (χ0) is 23.9. The Morgan fingerprint density at radius 1 is 0.879 bits per heavy atom. The molecule has 4 rings (SSSR count). The normalized spacial score (nSPS) is 24.8. The summed E-state index contributed by atoms with van der Waals surface area (Å²) in [7, 11) is 0. The number of benzene rings is 2. The Hall–Kier alpha value is -2.62. The zero-order valence-corrected chi connectivity index (χ0v) is 20.9. The first-order chi connectivity index (χ1) is 15.6. The van der Waals surface area contributed by atoms with E-state index >= 15 is 0 Å². The molecule has 0 radical (unpaired) electrons. The van der Waals surface area contributed by atoms with Crippen LogP contribution in [0.25, 0.3) is 0 Å². The largest absolute Gasteiger partial charge is 0.507 e. The second-order valence-electron chi connectivity index (χ2n) is 10.9. The summed E-state index contributed by atoms with van der Waals surface area (Å²) in [5, 5.41) is 21.6. The molecule has 4 nitrogen and oxygen atoms in total. The van der Waals surface area contributed by atoms with E-state index in [2.05, 4.69) is 53.7 Å². The third-order valence-electron chi connectivity index (χ3n) is 7.53. The average molecular weight is 447 g/mol. The van der Waals surface area contributed by atoms with E-state index in [9.17, 15) is 10.2 Å². The van der Waals surface area contributed by atoms with Gasteiger partial charge in [0, 0.05) is 23.6 Å². The molecule has 2 aliphatic carbocycles. The maximum atomic E-state index is 10.8. The van der Waals surface area contributed by atoms with Crippen LogP contribution in [0.4, 0.5) is 0 Å². The third-order valence-corrected chi connectivity index (χ3v) is 7.53. The van der Waals surface area contributed by atoms with Gasteiger partial charge in [-0.05, 0) is 91.7 Å². The molecule has 2 saturated carbocycles. The summed E-state index contributed by atoms with van der Waals surface area (Å²) in [6.45, 7) is 12.5. The van der Waals surface area contributed by atoms with Crippen molar-refractivity contribution < 1.29 is 10.2 Å². The van der Waals surface area contributed by atoms with Gasteiger partial charge in [-0.1, -0.05) is 39.8 Å². The maximum Gasteiger partial charge on any atom is 0.127 e. The molecular formula is C29H38N2O2. The van der Waals surface area contributed by atoms with Crippen molar-refractivity contribution in [2.75, 3.05) is 0 Å². The first-order valence-electron chi connectivity index (χ1n) is 12.3. The number of rotatable bonds is 6. The van der Waals surface area contributed by atoms with Crippen LogP contribution in [0, 0.1) is 19.8 Å². The molecule has 33 heavy (non-hydrogen) atoms. The molecule has 0 amide bonds. The molecule has 0 heterocycles. The number of aliphatic imine (C=N–C) groups is 2. The van der Waals surface area contributed by atoms with Gasteiger partial charge in [-0.3, -0.25) is 9.98 Å². The Balaban J connectivity index is 1.64. The minimum absolute atomic E-state index is 0.103. The van der Waals surface area contributed by atoms with E-state index in [1.807, 2.05) is 24.6 Å². The van der Waals surface area contributed by atoms with Gasteiger partial charge in [0.15, 0.2) is 0 Å². The summed E-state index contributed by atoms with van der Waals surface area (Å²) in [6.07, 6.45) is 8.04. The van der Waals surface area contributed by atoms with Gasteiger partial charge in [-0.25, -0.2) is 0 Å². The van der Waals surface area contributed by atoms with Gasteiger partial charge in [0.2, 0.25) is 0 Å². The van der Waals surface area contributed by atoms with Gasteiger partial charge < -0.3 is 10.2 Å². The van der Waals surface area contributed by atoms with E-state index in [1.54, 1.807) is 0 Å². The molecule has 0 aliphatic heterocycles. The summed E-state index contributed by atoms with van der Waals surface area (Å²) in [4.78, 5) is 10.1. The lowest BCUT2D eigenvalue weighted by Gasteiger charge is -2.28. The highest BCUT2D eigenvalue weighted by atomic mass is 16.3. The number of fused-ring (bicyclic) bond motifs is 2. The fourth-order valence-electron chi connectivity index (χ4n) is 5.72. The molecule has 176 valence electrons. The van der Waals surface area contributed by atoms with Crippen molar-refractivity contribution in [2.24, 2.45) is 15.9 Å².